The van der Waals surface area contributed by atoms with E-state index >= 15 is 0 Å². The minimum absolute atomic E-state index is 0.266. The van der Waals surface area contributed by atoms with Crippen molar-refractivity contribution >= 4 is 15.9 Å². The predicted octanol–water partition coefficient (Wildman–Crippen LogP) is 2.03. The summed E-state index contributed by atoms with van der Waals surface area (Å²) < 4.78 is 33.9. The van der Waals surface area contributed by atoms with Crippen molar-refractivity contribution in [2.75, 3.05) is 20.1 Å². The van der Waals surface area contributed by atoms with Gasteiger partial charge in [0.2, 0.25) is 0 Å². The lowest BCUT2D eigenvalue weighted by Crippen LogP contribution is -2.45. The molecule has 0 unspecified atom stereocenters. The first-order valence-corrected chi connectivity index (χ1v) is 10.2. The number of rotatable bonds is 3. The maximum atomic E-state index is 12.3. The summed E-state index contributed by atoms with van der Waals surface area (Å²) >= 11 is 0. The van der Waals surface area contributed by atoms with Crippen molar-refractivity contribution in [3.05, 3.63) is 47.3 Å². The van der Waals surface area contributed by atoms with Gasteiger partial charge in [-0.25, -0.2) is 0 Å². The quantitative estimate of drug-likeness (QED) is 0.818. The van der Waals surface area contributed by atoms with Crippen molar-refractivity contribution in [3.63, 3.8) is 0 Å². The zero-order valence-electron chi connectivity index (χ0n) is 14.9. The highest BCUT2D eigenvalue weighted by Crippen LogP contribution is 2.29. The standard InChI is InChI=1S/C18H22N4O3S/c1-13-11-15(25-19-13)12-22-9-7-14(8-10-22)21(2)18-16-5-3-4-6-17(16)26(23,24)20-18/h3-6,11,14H,7-10,12H2,1-2H3. The number of sulfonamides is 1. The Hall–Kier alpha value is -2.19. The Morgan fingerprint density at radius 3 is 2.69 bits per heavy atom. The first-order valence-electron chi connectivity index (χ1n) is 8.76. The molecule has 0 amide bonds. The van der Waals surface area contributed by atoms with E-state index < -0.39 is 10.0 Å². The normalized spacial score (nSPS) is 20.0. The third kappa shape index (κ3) is 3.14. The van der Waals surface area contributed by atoms with Gasteiger partial charge in [-0.15, -0.1) is 4.40 Å². The zero-order chi connectivity index (χ0) is 18.3. The fourth-order valence-electron chi connectivity index (χ4n) is 3.69. The molecule has 4 rings (SSSR count). The molecule has 0 spiro atoms. The van der Waals surface area contributed by atoms with Crippen LogP contribution in [0.15, 0.2) is 44.1 Å². The number of hydrogen-bond donors (Lipinski definition) is 0. The van der Waals surface area contributed by atoms with Crippen LogP contribution in [-0.4, -0.2) is 55.4 Å². The van der Waals surface area contributed by atoms with Gasteiger partial charge in [-0.3, -0.25) is 4.90 Å². The van der Waals surface area contributed by atoms with Gasteiger partial charge in [0.1, 0.15) is 4.90 Å². The van der Waals surface area contributed by atoms with E-state index in [2.05, 4.69) is 14.5 Å². The SMILES string of the molecule is Cc1cc(CN2CCC(N(C)C3=NS(=O)(=O)c4ccccc43)CC2)on1. The van der Waals surface area contributed by atoms with Gasteiger partial charge in [-0.1, -0.05) is 17.3 Å². The minimum Gasteiger partial charge on any atom is -0.360 e. The largest absolute Gasteiger partial charge is 0.360 e. The van der Waals surface area contributed by atoms with Crippen molar-refractivity contribution < 1.29 is 12.9 Å². The van der Waals surface area contributed by atoms with Crippen LogP contribution >= 0.6 is 0 Å². The number of aromatic nitrogens is 1. The third-order valence-corrected chi connectivity index (χ3v) is 6.43. The molecule has 0 bridgehead atoms. The van der Waals surface area contributed by atoms with E-state index in [0.717, 1.165) is 43.9 Å². The van der Waals surface area contributed by atoms with Crippen molar-refractivity contribution in [1.29, 1.82) is 0 Å². The predicted molar refractivity (Wildman–Crippen MR) is 97.5 cm³/mol. The van der Waals surface area contributed by atoms with E-state index in [0.29, 0.717) is 16.3 Å². The van der Waals surface area contributed by atoms with Gasteiger partial charge >= 0.3 is 0 Å². The molecule has 2 aliphatic heterocycles. The molecular formula is C18H22N4O3S. The van der Waals surface area contributed by atoms with E-state index in [4.69, 9.17) is 4.52 Å². The second kappa shape index (κ2) is 6.51. The van der Waals surface area contributed by atoms with Crippen LogP contribution in [0.4, 0.5) is 0 Å². The molecule has 1 aromatic heterocycles. The molecule has 2 aromatic rings. The van der Waals surface area contributed by atoms with E-state index in [1.807, 2.05) is 37.1 Å². The Kier molecular flexibility index (Phi) is 4.32. The van der Waals surface area contributed by atoms with Gasteiger partial charge in [0.15, 0.2) is 11.6 Å². The van der Waals surface area contributed by atoms with Crippen LogP contribution in [0, 0.1) is 6.92 Å². The maximum absolute atomic E-state index is 12.3. The summed E-state index contributed by atoms with van der Waals surface area (Å²) in [4.78, 5) is 4.67. The summed E-state index contributed by atoms with van der Waals surface area (Å²) in [6.07, 6.45) is 1.90. The van der Waals surface area contributed by atoms with Gasteiger partial charge < -0.3 is 9.42 Å². The minimum atomic E-state index is -3.57. The van der Waals surface area contributed by atoms with Crippen LogP contribution in [0.2, 0.25) is 0 Å². The van der Waals surface area contributed by atoms with Gasteiger partial charge in [0.25, 0.3) is 10.0 Å². The van der Waals surface area contributed by atoms with Crippen LogP contribution in [0.25, 0.3) is 0 Å². The fraction of sp³-hybridized carbons (Fsp3) is 0.444. The number of nitrogens with zero attached hydrogens (tertiary/aromatic N) is 4. The summed E-state index contributed by atoms with van der Waals surface area (Å²) in [5.74, 6) is 1.44. The average molecular weight is 374 g/mol. The number of likely N-dealkylation sites (tertiary alicyclic amines) is 1. The lowest BCUT2D eigenvalue weighted by molar-refractivity contribution is 0.148. The smallest absolute Gasteiger partial charge is 0.285 e. The first kappa shape index (κ1) is 17.2. The number of benzene rings is 1. The lowest BCUT2D eigenvalue weighted by Gasteiger charge is -2.37. The molecular weight excluding hydrogens is 352 g/mol. The van der Waals surface area contributed by atoms with Crippen LogP contribution in [0.1, 0.15) is 29.9 Å². The number of piperidine rings is 1. The number of amidine groups is 1. The Bertz CT molecular complexity index is 943. The van der Waals surface area contributed by atoms with Gasteiger partial charge in [0, 0.05) is 37.8 Å². The zero-order valence-corrected chi connectivity index (χ0v) is 15.7. The van der Waals surface area contributed by atoms with E-state index in [9.17, 15) is 8.42 Å². The summed E-state index contributed by atoms with van der Waals surface area (Å²) in [5, 5.41) is 3.93. The molecule has 8 heteroatoms. The fourth-order valence-corrected chi connectivity index (χ4v) is 4.93. The molecule has 1 saturated heterocycles. The Labute approximate surface area is 153 Å². The summed E-state index contributed by atoms with van der Waals surface area (Å²) in [6.45, 7) is 4.53. The second-order valence-electron chi connectivity index (χ2n) is 6.94. The van der Waals surface area contributed by atoms with E-state index in [1.165, 1.54) is 0 Å². The molecule has 26 heavy (non-hydrogen) atoms. The highest BCUT2D eigenvalue weighted by molar-refractivity contribution is 7.90. The van der Waals surface area contributed by atoms with Crippen molar-refractivity contribution in [2.45, 2.75) is 37.2 Å². The molecule has 2 aliphatic rings. The summed E-state index contributed by atoms with van der Waals surface area (Å²) in [6, 6.07) is 9.27. The Balaban J connectivity index is 1.44. The molecule has 7 nitrogen and oxygen atoms in total. The van der Waals surface area contributed by atoms with E-state index in [-0.39, 0.29) is 6.04 Å². The van der Waals surface area contributed by atoms with Crippen LogP contribution in [0.3, 0.4) is 0 Å². The van der Waals surface area contributed by atoms with Crippen molar-refractivity contribution in [3.8, 4) is 0 Å². The monoisotopic (exact) mass is 374 g/mol. The van der Waals surface area contributed by atoms with Crippen LogP contribution < -0.4 is 0 Å². The highest BCUT2D eigenvalue weighted by Gasteiger charge is 2.33. The molecule has 0 radical (unpaired) electrons. The Morgan fingerprint density at radius 2 is 2.00 bits per heavy atom. The van der Waals surface area contributed by atoms with Crippen molar-refractivity contribution in [1.82, 2.24) is 15.0 Å². The van der Waals surface area contributed by atoms with Gasteiger partial charge in [0.05, 0.1) is 12.2 Å². The summed E-state index contributed by atoms with van der Waals surface area (Å²) in [7, 11) is -1.63. The highest BCUT2D eigenvalue weighted by atomic mass is 32.2. The third-order valence-electron chi connectivity index (χ3n) is 5.11. The van der Waals surface area contributed by atoms with E-state index in [1.54, 1.807) is 12.1 Å². The molecule has 138 valence electrons. The second-order valence-corrected chi connectivity index (χ2v) is 8.51. The molecule has 0 aliphatic carbocycles. The number of aryl methyl sites for hydroxylation is 1. The molecule has 1 aromatic carbocycles. The topological polar surface area (TPSA) is 79.0 Å². The number of fused-ring (bicyclic) bond motifs is 1. The van der Waals surface area contributed by atoms with Gasteiger partial charge in [-0.2, -0.15) is 8.42 Å². The number of hydrogen-bond acceptors (Lipinski definition) is 6. The molecule has 3 heterocycles. The molecule has 0 atom stereocenters. The lowest BCUT2D eigenvalue weighted by atomic mass is 10.0. The van der Waals surface area contributed by atoms with Crippen LogP contribution in [-0.2, 0) is 16.6 Å². The van der Waals surface area contributed by atoms with Crippen LogP contribution in [0.5, 0.6) is 0 Å². The average Bonchev–Trinajstić information content (AvgIpc) is 3.16. The molecule has 0 N–H and O–H groups in total. The molecule has 0 saturated carbocycles. The maximum Gasteiger partial charge on any atom is 0.285 e. The van der Waals surface area contributed by atoms with Gasteiger partial charge in [-0.05, 0) is 31.9 Å². The van der Waals surface area contributed by atoms with Crippen molar-refractivity contribution in [2.24, 2.45) is 4.40 Å². The Morgan fingerprint density at radius 1 is 1.27 bits per heavy atom. The first-order chi connectivity index (χ1) is 12.4. The summed E-state index contributed by atoms with van der Waals surface area (Å²) in [5.41, 5.74) is 1.60. The molecule has 1 fully saturated rings.